The Hall–Kier alpha value is -4.51. The Morgan fingerprint density at radius 2 is 1.26 bits per heavy atom. The molecule has 5 heteroatoms. The van der Waals surface area contributed by atoms with Crippen molar-refractivity contribution in [3.05, 3.63) is 163 Å². The molecule has 0 atom stereocenters. The van der Waals surface area contributed by atoms with Gasteiger partial charge < -0.3 is 9.97 Å². The van der Waals surface area contributed by atoms with Crippen LogP contribution in [0.2, 0.25) is 19.6 Å². The van der Waals surface area contributed by atoms with E-state index < -0.39 is 8.07 Å². The molecule has 5 aromatic carbocycles. The van der Waals surface area contributed by atoms with Crippen molar-refractivity contribution in [2.45, 2.75) is 33.5 Å². The van der Waals surface area contributed by atoms with Crippen molar-refractivity contribution < 1.29 is 20.1 Å². The van der Waals surface area contributed by atoms with Crippen LogP contribution in [0.25, 0.3) is 64.9 Å². The number of hydrogen-bond acceptors (Lipinski definition) is 3. The van der Waals surface area contributed by atoms with Crippen LogP contribution in [0.3, 0.4) is 0 Å². The smallest absolute Gasteiger partial charge is 0.0798 e. The van der Waals surface area contributed by atoms with Gasteiger partial charge >= 0.3 is 0 Å². The van der Waals surface area contributed by atoms with Gasteiger partial charge in [0, 0.05) is 42.8 Å². The molecule has 8 rings (SSSR count). The van der Waals surface area contributed by atoms with Crippen LogP contribution in [-0.2, 0) is 20.1 Å². The van der Waals surface area contributed by atoms with Crippen molar-refractivity contribution >= 4 is 44.8 Å². The summed E-state index contributed by atoms with van der Waals surface area (Å²) < 4.78 is 2.53. The van der Waals surface area contributed by atoms with Crippen LogP contribution in [0, 0.1) is 26.0 Å². The maximum absolute atomic E-state index is 4.85. The number of benzene rings is 5. The molecule has 0 amide bonds. The molecule has 0 aliphatic carbocycles. The monoisotopic (exact) mass is 859 g/mol. The van der Waals surface area contributed by atoms with E-state index in [1.165, 1.54) is 58.7 Å². The van der Waals surface area contributed by atoms with Crippen LogP contribution in [-0.4, -0.2) is 18.0 Å². The minimum atomic E-state index is -1.27. The Morgan fingerprint density at radius 3 is 1.92 bits per heavy atom. The van der Waals surface area contributed by atoms with Crippen molar-refractivity contribution in [1.82, 2.24) is 9.97 Å². The zero-order valence-electron chi connectivity index (χ0n) is 28.9. The zero-order valence-corrected chi connectivity index (χ0v) is 33.1. The largest absolute Gasteiger partial charge is 0.305 e. The van der Waals surface area contributed by atoms with Gasteiger partial charge in [-0.1, -0.05) is 116 Å². The van der Waals surface area contributed by atoms with Crippen LogP contribution >= 0.6 is 11.3 Å². The number of nitrogens with zero attached hydrogens (tertiary/aromatic N) is 2. The minimum absolute atomic E-state index is 0. The first-order valence-corrected chi connectivity index (χ1v) is 21.0. The van der Waals surface area contributed by atoms with Crippen molar-refractivity contribution in [2.24, 2.45) is 0 Å². The van der Waals surface area contributed by atoms with Crippen LogP contribution in [0.1, 0.15) is 11.1 Å². The fourth-order valence-electron chi connectivity index (χ4n) is 6.40. The molecule has 50 heavy (non-hydrogen) atoms. The van der Waals surface area contributed by atoms with Gasteiger partial charge in [0.05, 0.1) is 8.07 Å². The summed E-state index contributed by atoms with van der Waals surface area (Å²) in [5, 5.41) is 4.00. The van der Waals surface area contributed by atoms with Gasteiger partial charge in [-0.05, 0) is 68.8 Å². The summed E-state index contributed by atoms with van der Waals surface area (Å²) in [7, 11) is -1.27. The molecule has 3 aromatic heterocycles. The molecule has 0 spiro atoms. The SMILES string of the molecule is Cc1cc(-c2[c-]ccc3c2sc2cc(-c4ccccc4)ccc23)ncc1-c1ccccc1.Cc1cc(-c2[c-]cccc2)ncc1[Si](C)(C)C.[Ir]. The summed E-state index contributed by atoms with van der Waals surface area (Å²) in [5.74, 6) is 0. The van der Waals surface area contributed by atoms with Gasteiger partial charge in [0.1, 0.15) is 0 Å². The number of thiophene rings is 1. The summed E-state index contributed by atoms with van der Waals surface area (Å²) in [6, 6.07) is 51.0. The van der Waals surface area contributed by atoms with E-state index in [0.29, 0.717) is 0 Å². The van der Waals surface area contributed by atoms with Crippen molar-refractivity contribution in [2.75, 3.05) is 0 Å². The Morgan fingerprint density at radius 1 is 0.580 bits per heavy atom. The van der Waals surface area contributed by atoms with Crippen LogP contribution < -0.4 is 5.19 Å². The Labute approximate surface area is 314 Å². The molecule has 0 N–H and O–H groups in total. The molecule has 2 nitrogen and oxygen atoms in total. The van der Waals surface area contributed by atoms with Crippen LogP contribution in [0.15, 0.2) is 140 Å². The van der Waals surface area contributed by atoms with Crippen molar-refractivity contribution in [3.63, 3.8) is 0 Å². The van der Waals surface area contributed by atoms with Gasteiger partial charge in [-0.3, -0.25) is 0 Å². The third-order valence-electron chi connectivity index (χ3n) is 8.90. The van der Waals surface area contributed by atoms with E-state index in [0.717, 1.165) is 22.5 Å². The van der Waals surface area contributed by atoms with E-state index in [-0.39, 0.29) is 20.1 Å². The molecule has 1 radical (unpaired) electrons. The standard InChI is InChI=1S/C30H20NS.C15H18NSi.Ir/c1-20-17-28(31-19-27(20)22-11-6-3-7-12-22)26-14-8-13-25-24-16-15-23(18-29(24)32-30(25)26)21-9-4-2-5-10-21;1-12-10-14(13-8-6-5-7-9-13)16-11-15(12)17(2,3)4;/h2-13,15-19H,1H3;5-8,10-11H,1-4H3;/q2*-1;. The third-order valence-corrected chi connectivity index (χ3v) is 12.2. The Bertz CT molecular complexity index is 2380. The maximum Gasteiger partial charge on any atom is 0.0798 e. The minimum Gasteiger partial charge on any atom is -0.305 e. The molecule has 8 aromatic rings. The van der Waals surface area contributed by atoms with Crippen molar-refractivity contribution in [3.8, 4) is 44.8 Å². The van der Waals surface area contributed by atoms with Crippen LogP contribution in [0.5, 0.6) is 0 Å². The van der Waals surface area contributed by atoms with E-state index in [2.05, 4.69) is 154 Å². The number of pyridine rings is 2. The molecular formula is C45H38IrN2SSi-2. The third kappa shape index (κ3) is 7.47. The normalized spacial score (nSPS) is 11.1. The molecule has 0 aliphatic rings. The number of fused-ring (bicyclic) bond motifs is 3. The molecule has 249 valence electrons. The molecule has 3 heterocycles. The van der Waals surface area contributed by atoms with E-state index in [9.17, 15) is 0 Å². The van der Waals surface area contributed by atoms with Gasteiger partial charge in [-0.25, -0.2) is 0 Å². The van der Waals surface area contributed by atoms with Crippen molar-refractivity contribution in [1.29, 1.82) is 0 Å². The molecular weight excluding hydrogens is 821 g/mol. The summed E-state index contributed by atoms with van der Waals surface area (Å²) in [5.41, 5.74) is 11.6. The topological polar surface area (TPSA) is 25.8 Å². The number of aromatic nitrogens is 2. The Balaban J connectivity index is 0.000000204. The average Bonchev–Trinajstić information content (AvgIpc) is 3.51. The fraction of sp³-hybridized carbons (Fsp3) is 0.111. The van der Waals surface area contributed by atoms with Gasteiger partial charge in [-0.2, -0.15) is 11.3 Å². The van der Waals surface area contributed by atoms with E-state index >= 15 is 0 Å². The molecule has 0 unspecified atom stereocenters. The zero-order chi connectivity index (χ0) is 34.0. The molecule has 0 fully saturated rings. The summed E-state index contributed by atoms with van der Waals surface area (Å²) >= 11 is 1.83. The first-order valence-electron chi connectivity index (χ1n) is 16.7. The first-order chi connectivity index (χ1) is 23.8. The predicted octanol–water partition coefficient (Wildman–Crippen LogP) is 12.0. The summed E-state index contributed by atoms with van der Waals surface area (Å²) in [4.78, 5) is 9.43. The summed E-state index contributed by atoms with van der Waals surface area (Å²) in [6.07, 6.45) is 4.05. The maximum atomic E-state index is 4.85. The summed E-state index contributed by atoms with van der Waals surface area (Å²) in [6.45, 7) is 11.4. The second-order valence-corrected chi connectivity index (χ2v) is 19.5. The second kappa shape index (κ2) is 15.2. The molecule has 0 saturated carbocycles. The average molecular weight is 859 g/mol. The Kier molecular flexibility index (Phi) is 10.7. The van der Waals surface area contributed by atoms with Gasteiger partial charge in [0.25, 0.3) is 0 Å². The molecule has 0 bridgehead atoms. The fourth-order valence-corrected chi connectivity index (χ4v) is 9.35. The first kappa shape index (κ1) is 35.3. The van der Waals surface area contributed by atoms with Crippen LogP contribution in [0.4, 0.5) is 0 Å². The van der Waals surface area contributed by atoms with Gasteiger partial charge in [-0.15, -0.1) is 59.7 Å². The molecule has 0 saturated heterocycles. The van der Waals surface area contributed by atoms with E-state index in [4.69, 9.17) is 4.98 Å². The van der Waals surface area contributed by atoms with Gasteiger partial charge in [0.2, 0.25) is 0 Å². The van der Waals surface area contributed by atoms with Gasteiger partial charge in [0.15, 0.2) is 0 Å². The predicted molar refractivity (Wildman–Crippen MR) is 213 cm³/mol. The number of hydrogen-bond donors (Lipinski definition) is 0. The number of rotatable bonds is 5. The quantitative estimate of drug-likeness (QED) is 0.127. The van der Waals surface area contributed by atoms with E-state index in [1.54, 1.807) is 0 Å². The van der Waals surface area contributed by atoms with E-state index in [1.807, 2.05) is 47.9 Å². The number of aryl methyl sites for hydroxylation is 2. The molecule has 0 aliphatic heterocycles. The second-order valence-electron chi connectivity index (χ2n) is 13.4.